The van der Waals surface area contributed by atoms with E-state index in [-0.39, 0.29) is 17.4 Å². The Morgan fingerprint density at radius 1 is 1.22 bits per heavy atom. The number of morpholine rings is 1. The van der Waals surface area contributed by atoms with Crippen LogP contribution in [-0.2, 0) is 9.53 Å². The smallest absolute Gasteiger partial charge is 0.230 e. The minimum absolute atomic E-state index is 0.209. The van der Waals surface area contributed by atoms with Crippen LogP contribution in [0.15, 0.2) is 29.3 Å². The van der Waals surface area contributed by atoms with E-state index in [1.165, 1.54) is 11.1 Å². The van der Waals surface area contributed by atoms with Crippen molar-refractivity contribution in [2.75, 3.05) is 60.0 Å². The Kier molecular flexibility index (Phi) is 8.93. The number of aryl methyl sites for hydroxylation is 1. The van der Waals surface area contributed by atoms with E-state index >= 15 is 0 Å². The molecule has 1 aliphatic heterocycles. The van der Waals surface area contributed by atoms with Crippen LogP contribution in [0, 0.1) is 12.3 Å². The molecule has 7 nitrogen and oxygen atoms in total. The summed E-state index contributed by atoms with van der Waals surface area (Å²) < 4.78 is 5.59. The number of guanidine groups is 1. The van der Waals surface area contributed by atoms with Crippen molar-refractivity contribution >= 4 is 11.9 Å². The molecule has 1 unspecified atom stereocenters. The Bertz CT molecular complexity index is 767. The molecule has 2 fully saturated rings. The van der Waals surface area contributed by atoms with Gasteiger partial charge >= 0.3 is 0 Å². The lowest BCUT2D eigenvalue weighted by Crippen LogP contribution is -2.47. The van der Waals surface area contributed by atoms with Crippen LogP contribution in [-0.4, -0.2) is 81.7 Å². The first-order valence-electron chi connectivity index (χ1n) is 12.1. The predicted molar refractivity (Wildman–Crippen MR) is 130 cm³/mol. The summed E-state index contributed by atoms with van der Waals surface area (Å²) in [6.07, 6.45) is 4.05. The van der Waals surface area contributed by atoms with Gasteiger partial charge in [0.15, 0.2) is 5.96 Å². The molecule has 1 aromatic carbocycles. The van der Waals surface area contributed by atoms with Gasteiger partial charge in [0.1, 0.15) is 0 Å². The Labute approximate surface area is 193 Å². The second-order valence-corrected chi connectivity index (χ2v) is 9.34. The first-order chi connectivity index (χ1) is 15.4. The maximum Gasteiger partial charge on any atom is 0.230 e. The standard InChI is InChI=1S/C25H41N5O2/c1-5-26-24(28-19-25(11-6-7-12-25)23(31)29(3)4)27-18-22(30-13-15-32-16-14-30)21-10-8-9-20(2)17-21/h8-10,17,22H,5-7,11-16,18-19H2,1-4H3,(H2,26,27,28). The largest absolute Gasteiger partial charge is 0.379 e. The minimum Gasteiger partial charge on any atom is -0.379 e. The number of hydrogen-bond donors (Lipinski definition) is 2. The Balaban J connectivity index is 1.74. The molecule has 0 bridgehead atoms. The number of benzene rings is 1. The van der Waals surface area contributed by atoms with Crippen LogP contribution in [0.2, 0.25) is 0 Å². The average molecular weight is 444 g/mol. The fourth-order valence-electron chi connectivity index (χ4n) is 4.96. The van der Waals surface area contributed by atoms with Crippen molar-refractivity contribution < 1.29 is 9.53 Å². The Morgan fingerprint density at radius 3 is 2.56 bits per heavy atom. The summed E-state index contributed by atoms with van der Waals surface area (Å²) in [4.78, 5) is 22.0. The molecule has 0 aromatic heterocycles. The highest BCUT2D eigenvalue weighted by molar-refractivity contribution is 5.84. The second kappa shape index (κ2) is 11.7. The van der Waals surface area contributed by atoms with Gasteiger partial charge in [0, 0.05) is 40.3 Å². The lowest BCUT2D eigenvalue weighted by Gasteiger charge is -2.35. The third-order valence-corrected chi connectivity index (χ3v) is 6.68. The molecule has 2 N–H and O–H groups in total. The van der Waals surface area contributed by atoms with E-state index in [9.17, 15) is 4.79 Å². The number of aliphatic imine (C=N–C) groups is 1. The van der Waals surface area contributed by atoms with Crippen molar-refractivity contribution in [3.63, 3.8) is 0 Å². The normalized spacial score (nSPS) is 20.1. The van der Waals surface area contributed by atoms with Gasteiger partial charge in [-0.25, -0.2) is 0 Å². The monoisotopic (exact) mass is 443 g/mol. The number of carbonyl (C=O) groups is 1. The molecule has 3 rings (SSSR count). The summed E-state index contributed by atoms with van der Waals surface area (Å²) in [7, 11) is 3.70. The third-order valence-electron chi connectivity index (χ3n) is 6.68. The van der Waals surface area contributed by atoms with E-state index in [2.05, 4.69) is 53.6 Å². The van der Waals surface area contributed by atoms with Crippen molar-refractivity contribution in [3.05, 3.63) is 35.4 Å². The van der Waals surface area contributed by atoms with Gasteiger partial charge in [-0.05, 0) is 32.3 Å². The highest BCUT2D eigenvalue weighted by Gasteiger charge is 2.42. The minimum atomic E-state index is -0.355. The predicted octanol–water partition coefficient (Wildman–Crippen LogP) is 2.57. The Morgan fingerprint density at radius 2 is 1.94 bits per heavy atom. The quantitative estimate of drug-likeness (QED) is 0.477. The number of nitrogens with zero attached hydrogens (tertiary/aromatic N) is 3. The number of ether oxygens (including phenoxy) is 1. The lowest BCUT2D eigenvalue weighted by atomic mass is 9.85. The van der Waals surface area contributed by atoms with Crippen molar-refractivity contribution in [1.82, 2.24) is 20.4 Å². The maximum absolute atomic E-state index is 12.9. The molecule has 0 spiro atoms. The fourth-order valence-corrected chi connectivity index (χ4v) is 4.96. The number of nitrogens with one attached hydrogen (secondary N) is 2. The summed E-state index contributed by atoms with van der Waals surface area (Å²) in [6.45, 7) is 9.68. The molecule has 2 aliphatic rings. The highest BCUT2D eigenvalue weighted by Crippen LogP contribution is 2.39. The van der Waals surface area contributed by atoms with Crippen LogP contribution in [0.25, 0.3) is 0 Å². The van der Waals surface area contributed by atoms with E-state index < -0.39 is 0 Å². The van der Waals surface area contributed by atoms with Gasteiger partial charge in [-0.15, -0.1) is 0 Å². The van der Waals surface area contributed by atoms with Gasteiger partial charge in [-0.3, -0.25) is 14.7 Å². The highest BCUT2D eigenvalue weighted by atomic mass is 16.5. The van der Waals surface area contributed by atoms with Crippen molar-refractivity contribution in [3.8, 4) is 0 Å². The summed E-state index contributed by atoms with van der Waals surface area (Å²) >= 11 is 0. The second-order valence-electron chi connectivity index (χ2n) is 9.34. The molecule has 178 valence electrons. The van der Waals surface area contributed by atoms with E-state index in [0.717, 1.165) is 71.0 Å². The Hall–Kier alpha value is -2.12. The number of rotatable bonds is 8. The molecule has 0 radical (unpaired) electrons. The topological polar surface area (TPSA) is 69.2 Å². The zero-order valence-corrected chi connectivity index (χ0v) is 20.3. The zero-order valence-electron chi connectivity index (χ0n) is 20.3. The van der Waals surface area contributed by atoms with Gasteiger partial charge in [0.2, 0.25) is 5.91 Å². The SMILES string of the molecule is CCNC(=NCC1(C(=O)N(C)C)CCCC1)NCC(c1cccc(C)c1)N1CCOCC1. The van der Waals surface area contributed by atoms with Crippen molar-refractivity contribution in [2.24, 2.45) is 10.4 Å². The number of carbonyl (C=O) groups excluding carboxylic acids is 1. The van der Waals surface area contributed by atoms with Crippen LogP contribution in [0.5, 0.6) is 0 Å². The molecule has 1 atom stereocenters. The molecule has 32 heavy (non-hydrogen) atoms. The molecule has 1 saturated heterocycles. The van der Waals surface area contributed by atoms with E-state index in [4.69, 9.17) is 9.73 Å². The lowest BCUT2D eigenvalue weighted by molar-refractivity contribution is -0.138. The van der Waals surface area contributed by atoms with Gasteiger partial charge in [0.05, 0.1) is 31.2 Å². The van der Waals surface area contributed by atoms with Gasteiger partial charge < -0.3 is 20.3 Å². The molecule has 1 aromatic rings. The number of hydrogen-bond acceptors (Lipinski definition) is 4. The average Bonchev–Trinajstić information content (AvgIpc) is 3.28. The van der Waals surface area contributed by atoms with E-state index in [0.29, 0.717) is 6.54 Å². The summed E-state index contributed by atoms with van der Waals surface area (Å²) in [5, 5.41) is 6.96. The van der Waals surface area contributed by atoms with Crippen LogP contribution >= 0.6 is 0 Å². The molecular weight excluding hydrogens is 402 g/mol. The van der Waals surface area contributed by atoms with E-state index in [1.807, 2.05) is 14.1 Å². The van der Waals surface area contributed by atoms with E-state index in [1.54, 1.807) is 4.90 Å². The van der Waals surface area contributed by atoms with Gasteiger partial charge in [-0.2, -0.15) is 0 Å². The third kappa shape index (κ3) is 6.23. The van der Waals surface area contributed by atoms with Gasteiger partial charge in [-0.1, -0.05) is 42.7 Å². The summed E-state index contributed by atoms with van der Waals surface area (Å²) in [5.41, 5.74) is 2.23. The van der Waals surface area contributed by atoms with Crippen LogP contribution in [0.1, 0.15) is 49.8 Å². The summed E-state index contributed by atoms with van der Waals surface area (Å²) in [6, 6.07) is 9.00. The van der Waals surface area contributed by atoms with Crippen LogP contribution < -0.4 is 10.6 Å². The molecule has 7 heteroatoms. The first kappa shape index (κ1) is 24.5. The molecule has 1 amide bonds. The zero-order chi connectivity index (χ0) is 23.0. The maximum atomic E-state index is 12.9. The van der Waals surface area contributed by atoms with Gasteiger partial charge in [0.25, 0.3) is 0 Å². The fraction of sp³-hybridized carbons (Fsp3) is 0.680. The van der Waals surface area contributed by atoms with Crippen LogP contribution in [0.4, 0.5) is 0 Å². The summed E-state index contributed by atoms with van der Waals surface area (Å²) in [5.74, 6) is 0.997. The number of amides is 1. The van der Waals surface area contributed by atoms with Crippen molar-refractivity contribution in [1.29, 1.82) is 0 Å². The first-order valence-corrected chi connectivity index (χ1v) is 12.1. The van der Waals surface area contributed by atoms with Crippen molar-refractivity contribution in [2.45, 2.75) is 45.6 Å². The molecule has 1 aliphatic carbocycles. The molecule has 1 saturated carbocycles. The molecular formula is C25H41N5O2. The van der Waals surface area contributed by atoms with Crippen LogP contribution in [0.3, 0.4) is 0 Å². The molecule has 1 heterocycles.